The van der Waals surface area contributed by atoms with Gasteiger partial charge in [0.15, 0.2) is 0 Å². The van der Waals surface area contributed by atoms with Crippen LogP contribution in [0.15, 0.2) is 18.2 Å². The molecule has 23 heavy (non-hydrogen) atoms. The third-order valence-electron chi connectivity index (χ3n) is 4.25. The quantitative estimate of drug-likeness (QED) is 0.782. The van der Waals surface area contributed by atoms with E-state index in [0.29, 0.717) is 5.75 Å². The maximum atomic E-state index is 12.1. The van der Waals surface area contributed by atoms with Crippen molar-refractivity contribution in [2.45, 2.75) is 50.9 Å². The number of hydrogen-bond donors (Lipinski definition) is 0. The zero-order valence-electron chi connectivity index (χ0n) is 12.7. The topological polar surface area (TPSA) is 38.8 Å². The highest BCUT2D eigenvalue weighted by molar-refractivity contribution is 5.92. The molecule has 0 aromatic heterocycles. The smallest absolute Gasteiger partial charge is 0.415 e. The number of hydrogen-bond acceptors (Lipinski definition) is 3. The highest BCUT2D eigenvalue weighted by atomic mass is 19.4. The van der Waals surface area contributed by atoms with Gasteiger partial charge in [0.25, 0.3) is 0 Å². The first-order valence-electron chi connectivity index (χ1n) is 7.67. The molecule has 4 nitrogen and oxygen atoms in total. The van der Waals surface area contributed by atoms with Crippen LogP contribution in [0.25, 0.3) is 0 Å². The van der Waals surface area contributed by atoms with E-state index in [1.807, 2.05) is 6.92 Å². The molecule has 1 aromatic rings. The van der Waals surface area contributed by atoms with E-state index in [-0.39, 0.29) is 31.3 Å². The van der Waals surface area contributed by atoms with Crippen molar-refractivity contribution in [3.8, 4) is 5.75 Å². The van der Waals surface area contributed by atoms with Gasteiger partial charge in [0.1, 0.15) is 11.9 Å². The largest absolute Gasteiger partial charge is 0.494 e. The lowest BCUT2D eigenvalue weighted by Crippen LogP contribution is -2.39. The van der Waals surface area contributed by atoms with Crippen LogP contribution in [0.4, 0.5) is 23.7 Å². The average Bonchev–Trinajstić information content (AvgIpc) is 2.77. The zero-order valence-corrected chi connectivity index (χ0v) is 12.7. The number of nitrogens with zero attached hydrogens (tertiary/aromatic N) is 1. The Hall–Kier alpha value is -1.92. The van der Waals surface area contributed by atoms with Crippen LogP contribution in [0.1, 0.15) is 31.7 Å². The van der Waals surface area contributed by atoms with Crippen molar-refractivity contribution in [3.63, 3.8) is 0 Å². The summed E-state index contributed by atoms with van der Waals surface area (Å²) >= 11 is 0. The predicted molar refractivity (Wildman–Crippen MR) is 77.8 cm³/mol. The lowest BCUT2D eigenvalue weighted by Gasteiger charge is -2.30. The van der Waals surface area contributed by atoms with Gasteiger partial charge in [0, 0.05) is 6.42 Å². The Bertz CT molecular complexity index is 603. The Labute approximate surface area is 132 Å². The summed E-state index contributed by atoms with van der Waals surface area (Å²) in [6.07, 6.45) is -3.96. The summed E-state index contributed by atoms with van der Waals surface area (Å²) in [5.41, 5.74) is 1.76. The fraction of sp³-hybridized carbons (Fsp3) is 0.562. The number of aryl methyl sites for hydroxylation is 1. The summed E-state index contributed by atoms with van der Waals surface area (Å²) in [5.74, 6) is 0.532. The van der Waals surface area contributed by atoms with Crippen molar-refractivity contribution in [1.82, 2.24) is 0 Å². The fourth-order valence-electron chi connectivity index (χ4n) is 3.13. The van der Waals surface area contributed by atoms with Gasteiger partial charge in [0.05, 0.1) is 18.3 Å². The molecule has 1 saturated heterocycles. The number of fused-ring (bicyclic) bond motifs is 3. The fourth-order valence-corrected chi connectivity index (χ4v) is 3.13. The summed E-state index contributed by atoms with van der Waals surface area (Å²) < 4.78 is 46.9. The van der Waals surface area contributed by atoms with E-state index < -0.39 is 12.6 Å². The van der Waals surface area contributed by atoms with Gasteiger partial charge in [-0.05, 0) is 49.9 Å². The number of carbonyl (C=O) groups excluding carboxylic acids is 1. The van der Waals surface area contributed by atoms with Crippen LogP contribution in [0.3, 0.4) is 0 Å². The first-order valence-corrected chi connectivity index (χ1v) is 7.67. The molecule has 126 valence electrons. The third-order valence-corrected chi connectivity index (χ3v) is 4.25. The molecule has 2 aliphatic rings. The molecular formula is C16H18F3NO3. The summed E-state index contributed by atoms with van der Waals surface area (Å²) in [6.45, 7) is 1.90. The van der Waals surface area contributed by atoms with Crippen molar-refractivity contribution in [2.24, 2.45) is 0 Å². The zero-order chi connectivity index (χ0) is 16.6. The second kappa shape index (κ2) is 5.94. The molecule has 2 atom stereocenters. The number of amides is 1. The number of benzene rings is 1. The van der Waals surface area contributed by atoms with E-state index in [9.17, 15) is 18.0 Å². The van der Waals surface area contributed by atoms with Gasteiger partial charge in [0.2, 0.25) is 0 Å². The summed E-state index contributed by atoms with van der Waals surface area (Å²) in [5, 5.41) is 0. The minimum Gasteiger partial charge on any atom is -0.494 e. The predicted octanol–water partition coefficient (Wildman–Crippen LogP) is 4.07. The molecule has 0 saturated carbocycles. The lowest BCUT2D eigenvalue weighted by atomic mass is 9.94. The van der Waals surface area contributed by atoms with E-state index in [1.54, 1.807) is 23.1 Å². The molecule has 0 N–H and O–H groups in total. The van der Waals surface area contributed by atoms with Gasteiger partial charge in [-0.25, -0.2) is 4.79 Å². The Morgan fingerprint density at radius 2 is 2.17 bits per heavy atom. The molecule has 7 heteroatoms. The Kier molecular flexibility index (Phi) is 4.12. The first-order chi connectivity index (χ1) is 10.8. The van der Waals surface area contributed by atoms with Crippen molar-refractivity contribution >= 4 is 11.8 Å². The molecule has 1 aromatic carbocycles. The average molecular weight is 329 g/mol. The molecule has 2 aliphatic heterocycles. The molecule has 1 fully saturated rings. The molecule has 0 aliphatic carbocycles. The summed E-state index contributed by atoms with van der Waals surface area (Å²) in [7, 11) is 0. The van der Waals surface area contributed by atoms with E-state index in [2.05, 4.69) is 0 Å². The van der Waals surface area contributed by atoms with Gasteiger partial charge >= 0.3 is 12.3 Å². The second-order valence-corrected chi connectivity index (χ2v) is 5.92. The molecule has 0 spiro atoms. The van der Waals surface area contributed by atoms with E-state index >= 15 is 0 Å². The Balaban J connectivity index is 1.66. The van der Waals surface area contributed by atoms with Crippen LogP contribution in [-0.4, -0.2) is 31.0 Å². The van der Waals surface area contributed by atoms with Crippen LogP contribution < -0.4 is 9.64 Å². The lowest BCUT2D eigenvalue weighted by molar-refractivity contribution is -0.136. The number of anilines is 1. The second-order valence-electron chi connectivity index (χ2n) is 5.92. The van der Waals surface area contributed by atoms with Gasteiger partial charge < -0.3 is 9.47 Å². The molecule has 0 bridgehead atoms. The molecule has 1 amide bonds. The van der Waals surface area contributed by atoms with Crippen LogP contribution in [0.5, 0.6) is 5.75 Å². The maximum absolute atomic E-state index is 12.1. The maximum Gasteiger partial charge on any atom is 0.415 e. The first kappa shape index (κ1) is 16.0. The number of alkyl halides is 3. The summed E-state index contributed by atoms with van der Waals surface area (Å²) in [6, 6.07) is 5.31. The van der Waals surface area contributed by atoms with Crippen molar-refractivity contribution < 1.29 is 27.4 Å². The van der Waals surface area contributed by atoms with Crippen LogP contribution in [0.2, 0.25) is 0 Å². The van der Waals surface area contributed by atoms with E-state index in [1.165, 1.54) is 0 Å². The number of cyclic esters (lactones) is 1. The van der Waals surface area contributed by atoms with Gasteiger partial charge in [-0.3, -0.25) is 4.90 Å². The van der Waals surface area contributed by atoms with Crippen LogP contribution >= 0.6 is 0 Å². The molecular weight excluding hydrogens is 311 g/mol. The van der Waals surface area contributed by atoms with Crippen molar-refractivity contribution in [3.05, 3.63) is 23.8 Å². The van der Waals surface area contributed by atoms with Crippen molar-refractivity contribution in [1.29, 1.82) is 0 Å². The Morgan fingerprint density at radius 3 is 2.91 bits per heavy atom. The number of rotatable bonds is 4. The summed E-state index contributed by atoms with van der Waals surface area (Å²) in [4.78, 5) is 13.6. The normalized spacial score (nSPS) is 23.3. The Morgan fingerprint density at radius 1 is 1.39 bits per heavy atom. The number of carbonyl (C=O) groups is 1. The molecule has 2 unspecified atom stereocenters. The van der Waals surface area contributed by atoms with Gasteiger partial charge in [-0.15, -0.1) is 0 Å². The number of ether oxygens (including phenoxy) is 2. The standard InChI is InChI=1S/C16H18F3NO3/c1-10-13-5-3-11-9-12(22-8-2-7-16(17,18)19)4-6-14(11)20(13)15(21)23-10/h4,6,9-10,13H,2-3,5,7-8H2,1H3. The molecule has 3 rings (SSSR count). The molecule has 2 heterocycles. The third kappa shape index (κ3) is 3.38. The monoisotopic (exact) mass is 329 g/mol. The molecule has 0 radical (unpaired) electrons. The van der Waals surface area contributed by atoms with Gasteiger partial charge in [-0.2, -0.15) is 13.2 Å². The van der Waals surface area contributed by atoms with Crippen LogP contribution in [0, 0.1) is 0 Å². The van der Waals surface area contributed by atoms with E-state index in [4.69, 9.17) is 9.47 Å². The highest BCUT2D eigenvalue weighted by Gasteiger charge is 2.43. The number of halogens is 3. The minimum atomic E-state index is -4.15. The van der Waals surface area contributed by atoms with Crippen molar-refractivity contribution in [2.75, 3.05) is 11.5 Å². The highest BCUT2D eigenvalue weighted by Crippen LogP contribution is 2.38. The van der Waals surface area contributed by atoms with E-state index in [0.717, 1.165) is 24.1 Å². The SMILES string of the molecule is CC1OC(=O)N2c3ccc(OCCCC(F)(F)F)cc3CCC12. The minimum absolute atomic E-state index is 0.0176. The van der Waals surface area contributed by atoms with Crippen LogP contribution in [-0.2, 0) is 11.2 Å². The van der Waals surface area contributed by atoms with Gasteiger partial charge in [-0.1, -0.05) is 0 Å².